The molecule has 0 aliphatic carbocycles. The maximum absolute atomic E-state index is 13.3. The molecule has 4 nitrogen and oxygen atoms in total. The topological polar surface area (TPSA) is 44.8 Å². The first-order valence-electron chi connectivity index (χ1n) is 15.5. The van der Waals surface area contributed by atoms with Gasteiger partial charge in [0.15, 0.2) is 5.78 Å². The fraction of sp³-hybridized carbons (Fsp3) is 0.571. The lowest BCUT2D eigenvalue weighted by Crippen LogP contribution is -2.03. The summed E-state index contributed by atoms with van der Waals surface area (Å²) < 4.78 is 18.2. The standard InChI is InChI=1S/C35H52O4/c1-5-9-12-15-22-37-32-26-31(27-33(28-32)38-23-16-13-10-6-2)34(36)20-19-30-25-29(8-4)18-21-35(30)39-24-17-14-11-7-3/h18-21,25-28H,5-17,22-24H2,1-4H3/b20-19+. The van der Waals surface area contributed by atoms with Crippen molar-refractivity contribution in [1.29, 1.82) is 0 Å². The molecule has 2 rings (SSSR count). The molecule has 2 aromatic rings. The summed E-state index contributed by atoms with van der Waals surface area (Å²) in [6.45, 7) is 10.7. The zero-order valence-corrected chi connectivity index (χ0v) is 25.1. The molecule has 0 aromatic heterocycles. The number of carbonyl (C=O) groups is 1. The Hall–Kier alpha value is -2.75. The minimum Gasteiger partial charge on any atom is -0.493 e. The molecule has 0 aliphatic rings. The lowest BCUT2D eigenvalue weighted by atomic mass is 10.0. The molecule has 0 saturated heterocycles. The van der Waals surface area contributed by atoms with Gasteiger partial charge in [0.1, 0.15) is 17.2 Å². The summed E-state index contributed by atoms with van der Waals surface area (Å²) in [7, 11) is 0. The van der Waals surface area contributed by atoms with Crippen LogP contribution in [0.5, 0.6) is 17.2 Å². The number of ketones is 1. The Morgan fingerprint density at radius 3 is 1.69 bits per heavy atom. The summed E-state index contributed by atoms with van der Waals surface area (Å²) in [6.07, 6.45) is 18.2. The molecule has 0 unspecified atom stereocenters. The van der Waals surface area contributed by atoms with E-state index in [-0.39, 0.29) is 5.78 Å². The van der Waals surface area contributed by atoms with Crippen molar-refractivity contribution in [1.82, 2.24) is 0 Å². The van der Waals surface area contributed by atoms with Crippen LogP contribution in [0.4, 0.5) is 0 Å². The van der Waals surface area contributed by atoms with Crippen LogP contribution >= 0.6 is 0 Å². The summed E-state index contributed by atoms with van der Waals surface area (Å²) in [6, 6.07) is 11.8. The third-order valence-corrected chi connectivity index (χ3v) is 6.85. The fourth-order valence-electron chi connectivity index (χ4n) is 4.37. The lowest BCUT2D eigenvalue weighted by molar-refractivity contribution is 0.104. The summed E-state index contributed by atoms with van der Waals surface area (Å²) in [4.78, 5) is 13.3. The van der Waals surface area contributed by atoms with Crippen LogP contribution in [0, 0.1) is 0 Å². The van der Waals surface area contributed by atoms with E-state index in [0.29, 0.717) is 36.9 Å². The number of benzene rings is 2. The van der Waals surface area contributed by atoms with Crippen LogP contribution < -0.4 is 14.2 Å². The van der Waals surface area contributed by atoms with Crippen molar-refractivity contribution >= 4 is 11.9 Å². The highest BCUT2D eigenvalue weighted by atomic mass is 16.5. The molecule has 0 aliphatic heterocycles. The molecule has 0 bridgehead atoms. The number of carbonyl (C=O) groups excluding carboxylic acids is 1. The van der Waals surface area contributed by atoms with Crippen LogP contribution in [0.3, 0.4) is 0 Å². The number of allylic oxidation sites excluding steroid dienone is 1. The third kappa shape index (κ3) is 13.2. The van der Waals surface area contributed by atoms with Crippen LogP contribution in [0.15, 0.2) is 42.5 Å². The smallest absolute Gasteiger partial charge is 0.186 e. The molecule has 216 valence electrons. The third-order valence-electron chi connectivity index (χ3n) is 6.85. The molecule has 4 heteroatoms. The van der Waals surface area contributed by atoms with Crippen molar-refractivity contribution in [3.63, 3.8) is 0 Å². The van der Waals surface area contributed by atoms with Crippen LogP contribution in [0.25, 0.3) is 6.08 Å². The van der Waals surface area contributed by atoms with Gasteiger partial charge in [-0.25, -0.2) is 0 Å². The normalized spacial score (nSPS) is 11.2. The Morgan fingerprint density at radius 2 is 1.18 bits per heavy atom. The molecule has 0 heterocycles. The van der Waals surface area contributed by atoms with Gasteiger partial charge in [-0.3, -0.25) is 4.79 Å². The predicted octanol–water partition coefficient (Wildman–Crippen LogP) is 10.0. The highest BCUT2D eigenvalue weighted by molar-refractivity contribution is 6.07. The second-order valence-corrected chi connectivity index (χ2v) is 10.3. The Morgan fingerprint density at radius 1 is 0.641 bits per heavy atom. The molecule has 0 radical (unpaired) electrons. The van der Waals surface area contributed by atoms with Crippen LogP contribution in [-0.2, 0) is 6.42 Å². The average molecular weight is 537 g/mol. The average Bonchev–Trinajstić information content (AvgIpc) is 2.95. The van der Waals surface area contributed by atoms with E-state index in [1.54, 1.807) is 6.08 Å². The van der Waals surface area contributed by atoms with Crippen molar-refractivity contribution < 1.29 is 19.0 Å². The SMILES string of the molecule is CCCCCCOc1cc(OCCCCCC)cc(C(=O)/C=C/c2cc(CC)ccc2OCCCCCC)c1. The second-order valence-electron chi connectivity index (χ2n) is 10.3. The minimum atomic E-state index is -0.0712. The van der Waals surface area contributed by atoms with Gasteiger partial charge in [0, 0.05) is 17.2 Å². The van der Waals surface area contributed by atoms with Crippen molar-refractivity contribution in [2.75, 3.05) is 19.8 Å². The molecule has 0 saturated carbocycles. The van der Waals surface area contributed by atoms with E-state index in [1.165, 1.54) is 50.5 Å². The van der Waals surface area contributed by atoms with Crippen molar-refractivity contribution in [3.8, 4) is 17.2 Å². The number of unbranched alkanes of at least 4 members (excludes halogenated alkanes) is 9. The number of ether oxygens (including phenoxy) is 3. The molecule has 0 spiro atoms. The minimum absolute atomic E-state index is 0.0712. The van der Waals surface area contributed by atoms with Crippen LogP contribution in [0.2, 0.25) is 0 Å². The Labute approximate surface area is 238 Å². The van der Waals surface area contributed by atoms with Crippen molar-refractivity contribution in [2.45, 2.75) is 111 Å². The summed E-state index contributed by atoms with van der Waals surface area (Å²) >= 11 is 0. The summed E-state index contributed by atoms with van der Waals surface area (Å²) in [5.74, 6) is 2.14. The molecular formula is C35H52O4. The van der Waals surface area contributed by atoms with Gasteiger partial charge in [-0.1, -0.05) is 91.5 Å². The van der Waals surface area contributed by atoms with E-state index in [2.05, 4.69) is 39.8 Å². The Kier molecular flexibility index (Phi) is 16.8. The van der Waals surface area contributed by atoms with Gasteiger partial charge in [-0.05, 0) is 67.7 Å². The second kappa shape index (κ2) is 20.2. The highest BCUT2D eigenvalue weighted by Crippen LogP contribution is 2.26. The molecule has 2 aromatic carbocycles. The van der Waals surface area contributed by atoms with Gasteiger partial charge < -0.3 is 14.2 Å². The van der Waals surface area contributed by atoms with Gasteiger partial charge in [-0.15, -0.1) is 0 Å². The first-order chi connectivity index (χ1) is 19.1. The number of hydrogen-bond donors (Lipinski definition) is 0. The zero-order valence-electron chi connectivity index (χ0n) is 25.1. The van der Waals surface area contributed by atoms with Gasteiger partial charge in [0.05, 0.1) is 19.8 Å². The van der Waals surface area contributed by atoms with Gasteiger partial charge in [0.25, 0.3) is 0 Å². The summed E-state index contributed by atoms with van der Waals surface area (Å²) in [5.41, 5.74) is 2.74. The molecule has 0 fully saturated rings. The molecule has 0 N–H and O–H groups in total. The first-order valence-corrected chi connectivity index (χ1v) is 15.5. The van der Waals surface area contributed by atoms with Crippen molar-refractivity contribution in [2.24, 2.45) is 0 Å². The van der Waals surface area contributed by atoms with E-state index in [4.69, 9.17) is 14.2 Å². The number of aryl methyl sites for hydroxylation is 1. The van der Waals surface area contributed by atoms with Gasteiger partial charge in [0.2, 0.25) is 0 Å². The quantitative estimate of drug-likeness (QED) is 0.0853. The van der Waals surface area contributed by atoms with E-state index in [9.17, 15) is 4.79 Å². The van der Waals surface area contributed by atoms with E-state index in [1.807, 2.05) is 30.3 Å². The number of rotatable bonds is 22. The Bertz CT molecular complexity index is 946. The van der Waals surface area contributed by atoms with E-state index in [0.717, 1.165) is 49.8 Å². The van der Waals surface area contributed by atoms with Crippen molar-refractivity contribution in [3.05, 3.63) is 59.2 Å². The van der Waals surface area contributed by atoms with Crippen LogP contribution in [-0.4, -0.2) is 25.6 Å². The highest BCUT2D eigenvalue weighted by Gasteiger charge is 2.10. The van der Waals surface area contributed by atoms with E-state index >= 15 is 0 Å². The zero-order chi connectivity index (χ0) is 28.1. The lowest BCUT2D eigenvalue weighted by Gasteiger charge is -2.12. The number of hydrogen-bond acceptors (Lipinski definition) is 4. The fourth-order valence-corrected chi connectivity index (χ4v) is 4.37. The van der Waals surface area contributed by atoms with Gasteiger partial charge in [-0.2, -0.15) is 0 Å². The van der Waals surface area contributed by atoms with Gasteiger partial charge >= 0.3 is 0 Å². The maximum Gasteiger partial charge on any atom is 0.186 e. The molecule has 39 heavy (non-hydrogen) atoms. The van der Waals surface area contributed by atoms with E-state index < -0.39 is 0 Å². The Balaban J connectivity index is 2.16. The maximum atomic E-state index is 13.3. The monoisotopic (exact) mass is 536 g/mol. The molecule has 0 amide bonds. The summed E-state index contributed by atoms with van der Waals surface area (Å²) in [5, 5.41) is 0. The molecule has 0 atom stereocenters. The largest absolute Gasteiger partial charge is 0.493 e. The van der Waals surface area contributed by atoms with Crippen LogP contribution in [0.1, 0.15) is 126 Å². The molecular weight excluding hydrogens is 484 g/mol. The first kappa shape index (κ1) is 32.5. The predicted molar refractivity (Wildman–Crippen MR) is 165 cm³/mol.